The fourth-order valence-corrected chi connectivity index (χ4v) is 2.39. The van der Waals surface area contributed by atoms with E-state index < -0.39 is 0 Å². The minimum atomic E-state index is 0.661. The number of benzene rings is 2. The molecule has 2 rings (SSSR count). The van der Waals surface area contributed by atoms with Crippen LogP contribution in [0, 0.1) is 5.92 Å². The SMILES string of the molecule is C=CNc1ccccc1/C=C\c1ccccc1CC(C)C. The summed E-state index contributed by atoms with van der Waals surface area (Å²) >= 11 is 0. The molecule has 0 fully saturated rings. The molecule has 0 heterocycles. The van der Waals surface area contributed by atoms with Crippen LogP contribution in [0.25, 0.3) is 12.2 Å². The van der Waals surface area contributed by atoms with Gasteiger partial charge in [0.15, 0.2) is 0 Å². The van der Waals surface area contributed by atoms with E-state index in [-0.39, 0.29) is 0 Å². The Kier molecular flexibility index (Phi) is 5.39. The molecule has 0 bridgehead atoms. The molecule has 1 nitrogen and oxygen atoms in total. The zero-order valence-corrected chi connectivity index (χ0v) is 12.8. The van der Waals surface area contributed by atoms with Crippen molar-refractivity contribution in [2.75, 3.05) is 5.32 Å². The minimum Gasteiger partial charge on any atom is -0.362 e. The topological polar surface area (TPSA) is 12.0 Å². The zero-order valence-electron chi connectivity index (χ0n) is 12.8. The molecule has 2 aromatic carbocycles. The largest absolute Gasteiger partial charge is 0.362 e. The van der Waals surface area contributed by atoms with Crippen LogP contribution in [0.4, 0.5) is 5.69 Å². The lowest BCUT2D eigenvalue weighted by Crippen LogP contribution is -1.96. The summed E-state index contributed by atoms with van der Waals surface area (Å²) in [4.78, 5) is 0. The van der Waals surface area contributed by atoms with Crippen molar-refractivity contribution >= 4 is 17.8 Å². The highest BCUT2D eigenvalue weighted by Gasteiger charge is 2.02. The number of rotatable bonds is 6. The predicted molar refractivity (Wildman–Crippen MR) is 94.2 cm³/mol. The standard InChI is InChI=1S/C20H23N/c1-4-21-20-12-8-7-10-18(20)14-13-17-9-5-6-11-19(17)15-16(2)3/h4-14,16,21H,1,15H2,2-3H3/b14-13-. The molecule has 0 radical (unpaired) electrons. The molecule has 0 unspecified atom stereocenters. The van der Waals surface area contributed by atoms with Crippen molar-refractivity contribution in [3.8, 4) is 0 Å². The van der Waals surface area contributed by atoms with Crippen LogP contribution >= 0.6 is 0 Å². The van der Waals surface area contributed by atoms with E-state index in [4.69, 9.17) is 0 Å². The molecule has 0 saturated carbocycles. The summed E-state index contributed by atoms with van der Waals surface area (Å²) in [7, 11) is 0. The molecule has 0 spiro atoms. The monoisotopic (exact) mass is 277 g/mol. The van der Waals surface area contributed by atoms with Gasteiger partial charge in [-0.1, -0.05) is 75.0 Å². The molecule has 0 atom stereocenters. The van der Waals surface area contributed by atoms with E-state index in [0.717, 1.165) is 17.7 Å². The molecule has 0 aromatic heterocycles. The second kappa shape index (κ2) is 7.49. The average Bonchev–Trinajstić information content (AvgIpc) is 2.47. The summed E-state index contributed by atoms with van der Waals surface area (Å²) in [6.45, 7) is 8.23. The summed E-state index contributed by atoms with van der Waals surface area (Å²) in [6, 6.07) is 16.8. The fourth-order valence-electron chi connectivity index (χ4n) is 2.39. The number of anilines is 1. The first kappa shape index (κ1) is 15.1. The number of hydrogen-bond donors (Lipinski definition) is 1. The summed E-state index contributed by atoms with van der Waals surface area (Å²) in [6.07, 6.45) is 7.17. The molecule has 21 heavy (non-hydrogen) atoms. The highest BCUT2D eigenvalue weighted by molar-refractivity contribution is 5.77. The van der Waals surface area contributed by atoms with E-state index >= 15 is 0 Å². The lowest BCUT2D eigenvalue weighted by molar-refractivity contribution is 0.646. The summed E-state index contributed by atoms with van der Waals surface area (Å²) in [5, 5.41) is 3.17. The Bertz CT molecular complexity index is 623. The van der Waals surface area contributed by atoms with E-state index in [2.05, 4.69) is 74.3 Å². The quantitative estimate of drug-likeness (QED) is 0.677. The maximum Gasteiger partial charge on any atom is 0.0453 e. The maximum atomic E-state index is 3.73. The van der Waals surface area contributed by atoms with Gasteiger partial charge in [0.05, 0.1) is 0 Å². The van der Waals surface area contributed by atoms with Crippen molar-refractivity contribution in [2.45, 2.75) is 20.3 Å². The van der Waals surface area contributed by atoms with Crippen LogP contribution < -0.4 is 5.32 Å². The first-order chi connectivity index (χ1) is 10.2. The lowest BCUT2D eigenvalue weighted by atomic mass is 9.97. The molecule has 0 aliphatic heterocycles. The number of hydrogen-bond acceptors (Lipinski definition) is 1. The smallest absolute Gasteiger partial charge is 0.0453 e. The molecule has 0 aliphatic rings. The summed E-state index contributed by atoms with van der Waals surface area (Å²) in [5.41, 5.74) is 4.93. The van der Waals surface area contributed by atoms with E-state index in [1.54, 1.807) is 6.20 Å². The Morgan fingerprint density at radius 3 is 2.29 bits per heavy atom. The van der Waals surface area contributed by atoms with Crippen molar-refractivity contribution in [2.24, 2.45) is 5.92 Å². The number of nitrogens with one attached hydrogen (secondary N) is 1. The molecule has 0 aliphatic carbocycles. The van der Waals surface area contributed by atoms with Crippen LogP contribution in [0.5, 0.6) is 0 Å². The van der Waals surface area contributed by atoms with E-state index in [9.17, 15) is 0 Å². The highest BCUT2D eigenvalue weighted by Crippen LogP contribution is 2.20. The molecule has 108 valence electrons. The predicted octanol–water partition coefficient (Wildman–Crippen LogP) is 5.61. The number of para-hydroxylation sites is 1. The second-order valence-corrected chi connectivity index (χ2v) is 5.57. The van der Waals surface area contributed by atoms with E-state index in [0.29, 0.717) is 5.92 Å². The van der Waals surface area contributed by atoms with Gasteiger partial charge in [0.2, 0.25) is 0 Å². The third-order valence-corrected chi connectivity index (χ3v) is 3.34. The van der Waals surface area contributed by atoms with Crippen molar-refractivity contribution in [3.63, 3.8) is 0 Å². The van der Waals surface area contributed by atoms with Gasteiger partial charge in [-0.05, 0) is 41.3 Å². The Morgan fingerprint density at radius 1 is 0.952 bits per heavy atom. The third kappa shape index (κ3) is 4.35. The van der Waals surface area contributed by atoms with Crippen LogP contribution in [0.1, 0.15) is 30.5 Å². The van der Waals surface area contributed by atoms with Crippen LogP contribution in [-0.2, 0) is 6.42 Å². The van der Waals surface area contributed by atoms with Crippen molar-refractivity contribution in [1.82, 2.24) is 0 Å². The van der Waals surface area contributed by atoms with Gasteiger partial charge in [-0.2, -0.15) is 0 Å². The summed E-state index contributed by atoms with van der Waals surface area (Å²) in [5.74, 6) is 0.661. The van der Waals surface area contributed by atoms with Gasteiger partial charge < -0.3 is 5.32 Å². The van der Waals surface area contributed by atoms with Crippen LogP contribution in [0.3, 0.4) is 0 Å². The minimum absolute atomic E-state index is 0.661. The van der Waals surface area contributed by atoms with Crippen molar-refractivity contribution < 1.29 is 0 Å². The van der Waals surface area contributed by atoms with E-state index in [1.165, 1.54) is 11.1 Å². The van der Waals surface area contributed by atoms with Crippen molar-refractivity contribution in [1.29, 1.82) is 0 Å². The molecule has 1 heteroatoms. The first-order valence-corrected chi connectivity index (χ1v) is 7.43. The fraction of sp³-hybridized carbons (Fsp3) is 0.200. The summed E-state index contributed by atoms with van der Waals surface area (Å²) < 4.78 is 0. The Morgan fingerprint density at radius 2 is 1.57 bits per heavy atom. The van der Waals surface area contributed by atoms with Crippen LogP contribution in [0.2, 0.25) is 0 Å². The van der Waals surface area contributed by atoms with Gasteiger partial charge in [0.25, 0.3) is 0 Å². The van der Waals surface area contributed by atoms with Crippen LogP contribution in [0.15, 0.2) is 61.3 Å². The van der Waals surface area contributed by atoms with E-state index in [1.807, 2.05) is 12.1 Å². The zero-order chi connectivity index (χ0) is 15.1. The lowest BCUT2D eigenvalue weighted by Gasteiger charge is -2.09. The Hall–Kier alpha value is -2.28. The van der Waals surface area contributed by atoms with Gasteiger partial charge in [-0.3, -0.25) is 0 Å². The van der Waals surface area contributed by atoms with Gasteiger partial charge in [0.1, 0.15) is 0 Å². The first-order valence-electron chi connectivity index (χ1n) is 7.43. The van der Waals surface area contributed by atoms with Gasteiger partial charge in [-0.15, -0.1) is 0 Å². The van der Waals surface area contributed by atoms with Gasteiger partial charge >= 0.3 is 0 Å². The molecular formula is C20H23N. The van der Waals surface area contributed by atoms with Crippen molar-refractivity contribution in [3.05, 3.63) is 78.0 Å². The van der Waals surface area contributed by atoms with Gasteiger partial charge in [0, 0.05) is 5.69 Å². The Labute approximate surface area is 128 Å². The molecule has 2 aromatic rings. The normalized spacial score (nSPS) is 11.0. The highest BCUT2D eigenvalue weighted by atomic mass is 14.8. The molecular weight excluding hydrogens is 254 g/mol. The molecule has 0 saturated heterocycles. The second-order valence-electron chi connectivity index (χ2n) is 5.57. The average molecular weight is 277 g/mol. The molecule has 0 amide bonds. The van der Waals surface area contributed by atoms with Crippen LogP contribution in [-0.4, -0.2) is 0 Å². The van der Waals surface area contributed by atoms with Gasteiger partial charge in [-0.25, -0.2) is 0 Å². The maximum absolute atomic E-state index is 3.73. The molecule has 1 N–H and O–H groups in total. The third-order valence-electron chi connectivity index (χ3n) is 3.34. The Balaban J connectivity index is 2.27.